The maximum absolute atomic E-state index is 12.4. The molecule has 8 heteroatoms. The Labute approximate surface area is 144 Å². The van der Waals surface area contributed by atoms with E-state index in [9.17, 15) is 18.0 Å². The van der Waals surface area contributed by atoms with Gasteiger partial charge in [-0.25, -0.2) is 4.79 Å². The average Bonchev–Trinajstić information content (AvgIpc) is 2.56. The molecule has 25 heavy (non-hydrogen) atoms. The van der Waals surface area contributed by atoms with Crippen LogP contribution in [-0.2, 0) is 4.74 Å². The standard InChI is InChI=1S/C17H21F3N2O3/c1-3-8-16(24-2)9-11-22(12-10-16)15(23)21-13-6-4-5-7-14(13)25-17(18,19)20/h3-7H,1,8-12H2,2H3,(H,21,23). The summed E-state index contributed by atoms with van der Waals surface area (Å²) >= 11 is 0. The Kier molecular flexibility index (Phi) is 5.94. The van der Waals surface area contributed by atoms with Crippen LogP contribution in [0.2, 0.25) is 0 Å². The maximum Gasteiger partial charge on any atom is 0.573 e. The predicted octanol–water partition coefficient (Wildman–Crippen LogP) is 4.17. The van der Waals surface area contributed by atoms with Crippen LogP contribution in [0.1, 0.15) is 19.3 Å². The van der Waals surface area contributed by atoms with Crippen LogP contribution in [0.3, 0.4) is 0 Å². The van der Waals surface area contributed by atoms with Gasteiger partial charge in [-0.3, -0.25) is 0 Å². The molecule has 1 heterocycles. The number of hydrogen-bond donors (Lipinski definition) is 1. The number of para-hydroxylation sites is 2. The van der Waals surface area contributed by atoms with Crippen molar-refractivity contribution in [2.75, 3.05) is 25.5 Å². The number of carbonyl (C=O) groups is 1. The Morgan fingerprint density at radius 2 is 2.00 bits per heavy atom. The molecule has 0 spiro atoms. The zero-order chi connectivity index (χ0) is 18.5. The number of alkyl halides is 3. The number of urea groups is 1. The van der Waals surface area contributed by atoms with Gasteiger partial charge in [-0.15, -0.1) is 19.8 Å². The molecule has 0 atom stereocenters. The quantitative estimate of drug-likeness (QED) is 0.804. The lowest BCUT2D eigenvalue weighted by Crippen LogP contribution is -2.48. The molecule has 0 radical (unpaired) electrons. The lowest BCUT2D eigenvalue weighted by atomic mass is 9.88. The minimum atomic E-state index is -4.82. The summed E-state index contributed by atoms with van der Waals surface area (Å²) < 4.78 is 46.8. The smallest absolute Gasteiger partial charge is 0.404 e. The lowest BCUT2D eigenvalue weighted by Gasteiger charge is -2.40. The van der Waals surface area contributed by atoms with Crippen molar-refractivity contribution in [2.24, 2.45) is 0 Å². The summed E-state index contributed by atoms with van der Waals surface area (Å²) in [5.74, 6) is -0.446. The van der Waals surface area contributed by atoms with Crippen LogP contribution >= 0.6 is 0 Å². The van der Waals surface area contributed by atoms with Crippen LogP contribution in [0.4, 0.5) is 23.7 Å². The maximum atomic E-state index is 12.4. The molecule has 1 aromatic carbocycles. The summed E-state index contributed by atoms with van der Waals surface area (Å²) in [5, 5.41) is 2.48. The normalized spacial score (nSPS) is 17.0. The van der Waals surface area contributed by atoms with Gasteiger partial charge in [0, 0.05) is 20.2 Å². The van der Waals surface area contributed by atoms with Crippen LogP contribution in [0.25, 0.3) is 0 Å². The van der Waals surface area contributed by atoms with E-state index in [0.29, 0.717) is 32.4 Å². The van der Waals surface area contributed by atoms with E-state index in [1.54, 1.807) is 18.1 Å². The van der Waals surface area contributed by atoms with Gasteiger partial charge < -0.3 is 19.7 Å². The first kappa shape index (κ1) is 19.1. The van der Waals surface area contributed by atoms with Gasteiger partial charge in [-0.05, 0) is 31.4 Å². The second kappa shape index (κ2) is 7.77. The van der Waals surface area contributed by atoms with Gasteiger partial charge in [-0.2, -0.15) is 0 Å². The van der Waals surface area contributed by atoms with Crippen molar-refractivity contribution in [1.29, 1.82) is 0 Å². The number of nitrogens with zero attached hydrogens (tertiary/aromatic N) is 1. The van der Waals surface area contributed by atoms with Crippen LogP contribution in [0.15, 0.2) is 36.9 Å². The molecule has 5 nitrogen and oxygen atoms in total. The molecule has 1 N–H and O–H groups in total. The molecular formula is C17H21F3N2O3. The van der Waals surface area contributed by atoms with Crippen LogP contribution in [-0.4, -0.2) is 43.1 Å². The zero-order valence-corrected chi connectivity index (χ0v) is 13.9. The van der Waals surface area contributed by atoms with E-state index >= 15 is 0 Å². The third-order valence-corrected chi connectivity index (χ3v) is 4.27. The monoisotopic (exact) mass is 358 g/mol. The molecule has 1 fully saturated rings. The number of amides is 2. The molecule has 1 aromatic rings. The zero-order valence-electron chi connectivity index (χ0n) is 13.9. The van der Waals surface area contributed by atoms with E-state index in [1.807, 2.05) is 0 Å². The summed E-state index contributed by atoms with van der Waals surface area (Å²) in [6, 6.07) is 4.97. The molecule has 2 amide bonds. The molecule has 0 bridgehead atoms. The molecular weight excluding hydrogens is 337 g/mol. The van der Waals surface area contributed by atoms with Gasteiger partial charge in [0.15, 0.2) is 5.75 Å². The number of ether oxygens (including phenoxy) is 2. The molecule has 0 saturated carbocycles. The van der Waals surface area contributed by atoms with E-state index in [-0.39, 0.29) is 11.3 Å². The van der Waals surface area contributed by atoms with Gasteiger partial charge in [0.25, 0.3) is 0 Å². The van der Waals surface area contributed by atoms with E-state index in [4.69, 9.17) is 4.74 Å². The SMILES string of the molecule is C=CCC1(OC)CCN(C(=O)Nc2ccccc2OC(F)(F)F)CC1. The van der Waals surface area contributed by atoms with E-state index in [2.05, 4.69) is 16.6 Å². The topological polar surface area (TPSA) is 50.8 Å². The van der Waals surface area contributed by atoms with Crippen LogP contribution < -0.4 is 10.1 Å². The summed E-state index contributed by atoms with van der Waals surface area (Å²) in [6.07, 6.45) is -1.10. The fourth-order valence-corrected chi connectivity index (χ4v) is 2.85. The number of hydrogen-bond acceptors (Lipinski definition) is 3. The highest BCUT2D eigenvalue weighted by Crippen LogP contribution is 2.32. The number of anilines is 1. The summed E-state index contributed by atoms with van der Waals surface area (Å²) in [5.41, 5.74) is -0.366. The number of nitrogens with one attached hydrogen (secondary N) is 1. The summed E-state index contributed by atoms with van der Waals surface area (Å²) in [7, 11) is 1.63. The summed E-state index contributed by atoms with van der Waals surface area (Å²) in [4.78, 5) is 13.9. The van der Waals surface area contributed by atoms with Crippen molar-refractivity contribution >= 4 is 11.7 Å². The first-order valence-electron chi connectivity index (χ1n) is 7.85. The molecule has 0 unspecified atom stereocenters. The van der Waals surface area contributed by atoms with Gasteiger partial charge in [-0.1, -0.05) is 18.2 Å². The van der Waals surface area contributed by atoms with Crippen molar-refractivity contribution in [1.82, 2.24) is 4.90 Å². The van der Waals surface area contributed by atoms with E-state index < -0.39 is 18.1 Å². The van der Waals surface area contributed by atoms with Crippen molar-refractivity contribution in [3.8, 4) is 5.75 Å². The van der Waals surface area contributed by atoms with Gasteiger partial charge in [0.2, 0.25) is 0 Å². The number of carbonyl (C=O) groups excluding carboxylic acids is 1. The largest absolute Gasteiger partial charge is 0.573 e. The third kappa shape index (κ3) is 5.12. The number of methoxy groups -OCH3 is 1. The number of likely N-dealkylation sites (tertiary alicyclic amines) is 1. The number of benzene rings is 1. The minimum absolute atomic E-state index is 0.0282. The average molecular weight is 358 g/mol. The number of halogens is 3. The number of rotatable bonds is 5. The Morgan fingerprint density at radius 3 is 2.56 bits per heavy atom. The fraction of sp³-hybridized carbons (Fsp3) is 0.471. The molecule has 2 rings (SSSR count). The lowest BCUT2D eigenvalue weighted by molar-refractivity contribution is -0.274. The second-order valence-corrected chi connectivity index (χ2v) is 5.84. The van der Waals surface area contributed by atoms with Crippen molar-refractivity contribution in [3.05, 3.63) is 36.9 Å². The Balaban J connectivity index is 2.01. The highest BCUT2D eigenvalue weighted by Gasteiger charge is 2.35. The second-order valence-electron chi connectivity index (χ2n) is 5.84. The predicted molar refractivity (Wildman–Crippen MR) is 87.5 cm³/mol. The third-order valence-electron chi connectivity index (χ3n) is 4.27. The van der Waals surface area contributed by atoms with E-state index in [1.165, 1.54) is 18.2 Å². The fourth-order valence-electron chi connectivity index (χ4n) is 2.85. The number of piperidine rings is 1. The van der Waals surface area contributed by atoms with Crippen LogP contribution in [0.5, 0.6) is 5.75 Å². The first-order chi connectivity index (χ1) is 11.8. The summed E-state index contributed by atoms with van der Waals surface area (Å²) in [6.45, 7) is 4.60. The highest BCUT2D eigenvalue weighted by molar-refractivity contribution is 5.91. The molecule has 0 aliphatic carbocycles. The van der Waals surface area contributed by atoms with Crippen molar-refractivity contribution in [3.63, 3.8) is 0 Å². The molecule has 1 aliphatic heterocycles. The Bertz CT molecular complexity index is 611. The van der Waals surface area contributed by atoms with Gasteiger partial charge in [0.1, 0.15) is 0 Å². The van der Waals surface area contributed by atoms with Gasteiger partial charge >= 0.3 is 12.4 Å². The molecule has 0 aromatic heterocycles. The van der Waals surface area contributed by atoms with E-state index in [0.717, 1.165) is 6.07 Å². The van der Waals surface area contributed by atoms with Crippen LogP contribution in [0, 0.1) is 0 Å². The Morgan fingerprint density at radius 1 is 1.36 bits per heavy atom. The molecule has 1 aliphatic rings. The highest BCUT2D eigenvalue weighted by atomic mass is 19.4. The van der Waals surface area contributed by atoms with Gasteiger partial charge in [0.05, 0.1) is 11.3 Å². The Hall–Kier alpha value is -2.22. The first-order valence-corrected chi connectivity index (χ1v) is 7.85. The van der Waals surface area contributed by atoms with Crippen molar-refractivity contribution in [2.45, 2.75) is 31.2 Å². The molecule has 1 saturated heterocycles. The van der Waals surface area contributed by atoms with Crippen molar-refractivity contribution < 1.29 is 27.4 Å². The minimum Gasteiger partial charge on any atom is -0.404 e. The molecule has 138 valence electrons.